The van der Waals surface area contributed by atoms with Gasteiger partial charge in [0.05, 0.1) is 6.42 Å². The summed E-state index contributed by atoms with van der Waals surface area (Å²) in [6, 6.07) is 3.63. The van der Waals surface area contributed by atoms with Crippen LogP contribution in [-0.2, 0) is 19.1 Å². The van der Waals surface area contributed by atoms with Gasteiger partial charge in [-0.3, -0.25) is 24.2 Å². The number of benzene rings is 1. The van der Waals surface area contributed by atoms with Crippen LogP contribution in [0, 0.1) is 36.2 Å². The van der Waals surface area contributed by atoms with Crippen LogP contribution in [0.4, 0.5) is 13.2 Å². The largest absolute Gasteiger partial charge is 0.482 e. The number of halogens is 3. The highest BCUT2D eigenvalue weighted by Gasteiger charge is 2.30. The van der Waals surface area contributed by atoms with Gasteiger partial charge in [-0.2, -0.15) is 4.39 Å². The maximum atomic E-state index is 14.1. The Labute approximate surface area is 230 Å². The molecule has 0 unspecified atom stereocenters. The van der Waals surface area contributed by atoms with E-state index in [1.165, 1.54) is 25.4 Å². The van der Waals surface area contributed by atoms with E-state index < -0.39 is 47.5 Å². The molecule has 1 saturated heterocycles. The van der Waals surface area contributed by atoms with Gasteiger partial charge in [0.15, 0.2) is 17.3 Å². The van der Waals surface area contributed by atoms with E-state index in [2.05, 4.69) is 11.6 Å². The van der Waals surface area contributed by atoms with E-state index >= 15 is 0 Å². The van der Waals surface area contributed by atoms with Gasteiger partial charge in [-0.15, -0.1) is 0 Å². The molecule has 0 spiro atoms. The van der Waals surface area contributed by atoms with E-state index in [0.717, 1.165) is 0 Å². The molecule has 3 rings (SSSR count). The monoisotopic (exact) mass is 560 g/mol. The third-order valence-corrected chi connectivity index (χ3v) is 6.85. The van der Waals surface area contributed by atoms with E-state index in [1.54, 1.807) is 17.0 Å². The zero-order valence-electron chi connectivity index (χ0n) is 22.2. The number of aromatic nitrogens is 1. The molecule has 1 aliphatic heterocycles. The van der Waals surface area contributed by atoms with Crippen LogP contribution in [0.2, 0.25) is 0 Å². The Morgan fingerprint density at radius 3 is 2.45 bits per heavy atom. The fourth-order valence-electron chi connectivity index (χ4n) is 4.49. The van der Waals surface area contributed by atoms with Gasteiger partial charge < -0.3 is 14.4 Å². The van der Waals surface area contributed by atoms with Crippen molar-refractivity contribution in [2.24, 2.45) is 11.8 Å². The number of Topliss-reactive ketones (excluding diaryl/α,β-unsaturated/α-hetero) is 2. The zero-order chi connectivity index (χ0) is 29.2. The zero-order valence-corrected chi connectivity index (χ0v) is 22.2. The molecule has 2 aromatic rings. The molecule has 8 nitrogen and oxygen atoms in total. The predicted octanol–water partition coefficient (Wildman–Crippen LogP) is 4.39. The van der Waals surface area contributed by atoms with Crippen LogP contribution < -0.4 is 4.74 Å². The molecule has 1 atom stereocenters. The second-order valence-electron chi connectivity index (χ2n) is 9.54. The summed E-state index contributed by atoms with van der Waals surface area (Å²) in [6.45, 7) is 4.60. The first-order chi connectivity index (χ1) is 19.1. The van der Waals surface area contributed by atoms with E-state index in [1.807, 2.05) is 0 Å². The number of piperidine rings is 1. The number of hydrogen-bond donors (Lipinski definition) is 0. The Balaban J connectivity index is 1.59. The number of ether oxygens (including phenoxy) is 2. The Hall–Kier alpha value is -4.02. The number of rotatable bonds is 13. The number of carbonyl (C=O) groups excluding carboxylic acids is 4. The summed E-state index contributed by atoms with van der Waals surface area (Å²) in [5, 5.41) is 0. The van der Waals surface area contributed by atoms with Crippen LogP contribution in [-0.4, -0.2) is 59.6 Å². The highest BCUT2D eigenvalue weighted by Crippen LogP contribution is 2.28. The lowest BCUT2D eigenvalue weighted by molar-refractivity contribution is -0.146. The molecule has 214 valence electrons. The molecule has 1 aromatic heterocycles. The van der Waals surface area contributed by atoms with Crippen molar-refractivity contribution in [3.63, 3.8) is 0 Å². The van der Waals surface area contributed by atoms with Crippen LogP contribution in [0.3, 0.4) is 0 Å². The summed E-state index contributed by atoms with van der Waals surface area (Å²) in [6.07, 6.45) is 4.97. The van der Waals surface area contributed by atoms with E-state index in [9.17, 15) is 32.3 Å². The van der Waals surface area contributed by atoms with Crippen molar-refractivity contribution in [3.8, 4) is 5.75 Å². The molecule has 0 N–H and O–H groups in total. The lowest BCUT2D eigenvalue weighted by Gasteiger charge is -2.31. The van der Waals surface area contributed by atoms with Crippen molar-refractivity contribution in [1.82, 2.24) is 9.88 Å². The van der Waals surface area contributed by atoms with Crippen molar-refractivity contribution in [2.45, 2.75) is 39.0 Å². The molecule has 1 aromatic carbocycles. The standard InChI is InChI=1S/C29H31F3N2O6/c1-3-14-39-26(37)15-21(25(36)17-40-28-18(2)22(30)16-23(31)27(28)32)4-5-24(35)19-8-12-34(13-9-19)29(38)20-6-10-33-11-7-20/h3,6-7,10-11,16,19,21H,1,4-5,8-9,12-15,17H2,2H3/t21-/m0/s1. The first-order valence-electron chi connectivity index (χ1n) is 12.9. The minimum absolute atomic E-state index is 0.000643. The predicted molar refractivity (Wildman–Crippen MR) is 138 cm³/mol. The highest BCUT2D eigenvalue weighted by atomic mass is 19.2. The molecule has 11 heteroatoms. The van der Waals surface area contributed by atoms with Crippen LogP contribution in [0.1, 0.15) is 48.0 Å². The van der Waals surface area contributed by atoms with Crippen LogP contribution in [0.15, 0.2) is 43.2 Å². The second-order valence-corrected chi connectivity index (χ2v) is 9.54. The van der Waals surface area contributed by atoms with Crippen LogP contribution in [0.25, 0.3) is 0 Å². The Bertz CT molecular complexity index is 1220. The molecule has 0 saturated carbocycles. The molecule has 0 radical (unpaired) electrons. The number of pyridine rings is 1. The van der Waals surface area contributed by atoms with Gasteiger partial charge in [0.1, 0.15) is 24.8 Å². The molecule has 0 bridgehead atoms. The van der Waals surface area contributed by atoms with E-state index in [4.69, 9.17) is 9.47 Å². The van der Waals surface area contributed by atoms with Crippen molar-refractivity contribution < 1.29 is 41.8 Å². The first-order valence-corrected chi connectivity index (χ1v) is 12.9. The number of hydrogen-bond acceptors (Lipinski definition) is 7. The van der Waals surface area contributed by atoms with Crippen molar-refractivity contribution >= 4 is 23.4 Å². The van der Waals surface area contributed by atoms with Crippen LogP contribution >= 0.6 is 0 Å². The van der Waals surface area contributed by atoms with Gasteiger partial charge >= 0.3 is 5.97 Å². The number of nitrogens with zero attached hydrogens (tertiary/aromatic N) is 2. The van der Waals surface area contributed by atoms with Gasteiger partial charge in [0, 0.05) is 60.9 Å². The average molecular weight is 561 g/mol. The molecule has 2 heterocycles. The Kier molecular flexibility index (Phi) is 11.0. The van der Waals surface area contributed by atoms with Crippen molar-refractivity contribution in [2.75, 3.05) is 26.3 Å². The SMILES string of the molecule is C=CCOC(=O)C[C@H](CCC(=O)C1CCN(C(=O)c2ccncc2)CC1)C(=O)COc1c(C)c(F)cc(F)c1F. The first kappa shape index (κ1) is 30.5. The fraction of sp³-hybridized carbons (Fsp3) is 0.414. The van der Waals surface area contributed by atoms with Gasteiger partial charge in [-0.05, 0) is 38.3 Å². The summed E-state index contributed by atoms with van der Waals surface area (Å²) < 4.78 is 51.7. The molecular weight excluding hydrogens is 529 g/mol. The minimum atomic E-state index is -1.46. The quantitative estimate of drug-likeness (QED) is 0.203. The summed E-state index contributed by atoms with van der Waals surface area (Å²) in [7, 11) is 0. The number of ketones is 2. The maximum Gasteiger partial charge on any atom is 0.306 e. The summed E-state index contributed by atoms with van der Waals surface area (Å²) >= 11 is 0. The normalized spacial score (nSPS) is 14.3. The van der Waals surface area contributed by atoms with Gasteiger partial charge in [0.25, 0.3) is 5.91 Å². The summed E-state index contributed by atoms with van der Waals surface area (Å²) in [5.74, 6) is -7.58. The number of likely N-dealkylation sites (tertiary alicyclic amines) is 1. The third kappa shape index (κ3) is 8.00. The lowest BCUT2D eigenvalue weighted by atomic mass is 9.86. The van der Waals surface area contributed by atoms with Gasteiger partial charge in [-0.1, -0.05) is 12.7 Å². The Morgan fingerprint density at radius 1 is 1.12 bits per heavy atom. The van der Waals surface area contributed by atoms with Crippen molar-refractivity contribution in [1.29, 1.82) is 0 Å². The molecule has 40 heavy (non-hydrogen) atoms. The highest BCUT2D eigenvalue weighted by molar-refractivity contribution is 5.94. The minimum Gasteiger partial charge on any atom is -0.482 e. The fourth-order valence-corrected chi connectivity index (χ4v) is 4.49. The second kappa shape index (κ2) is 14.4. The molecule has 0 aliphatic carbocycles. The number of carbonyl (C=O) groups is 4. The third-order valence-electron chi connectivity index (χ3n) is 6.85. The lowest BCUT2D eigenvalue weighted by Crippen LogP contribution is -2.40. The topological polar surface area (TPSA) is 103 Å². The molecule has 1 aliphatic rings. The number of amides is 1. The maximum absolute atomic E-state index is 14.1. The molecule has 1 amide bonds. The summed E-state index contributed by atoms with van der Waals surface area (Å²) in [5.41, 5.74) is 0.209. The van der Waals surface area contributed by atoms with E-state index in [0.29, 0.717) is 37.6 Å². The smallest absolute Gasteiger partial charge is 0.306 e. The number of esters is 1. The van der Waals surface area contributed by atoms with Crippen LogP contribution in [0.5, 0.6) is 5.75 Å². The molecular formula is C29H31F3N2O6. The van der Waals surface area contributed by atoms with Crippen molar-refractivity contribution in [3.05, 3.63) is 71.8 Å². The molecule has 1 fully saturated rings. The van der Waals surface area contributed by atoms with E-state index in [-0.39, 0.29) is 49.0 Å². The average Bonchev–Trinajstić information content (AvgIpc) is 2.97. The van der Waals surface area contributed by atoms with Gasteiger partial charge in [-0.25, -0.2) is 8.78 Å². The van der Waals surface area contributed by atoms with Gasteiger partial charge in [0.2, 0.25) is 5.82 Å². The summed E-state index contributed by atoms with van der Waals surface area (Å²) in [4.78, 5) is 56.3. The Morgan fingerprint density at radius 2 is 1.80 bits per heavy atom.